The lowest BCUT2D eigenvalue weighted by Crippen LogP contribution is -2.59. The second-order valence-corrected chi connectivity index (χ2v) is 9.87. The maximum Gasteiger partial charge on any atom is 0.322 e. The molecular formula is C30H33N3O3. The second kappa shape index (κ2) is 10.4. The first-order valence-corrected chi connectivity index (χ1v) is 12.1. The molecule has 1 atom stereocenters. The number of nitrogens with one attached hydrogen (secondary N) is 1. The molecule has 0 saturated carbocycles. The molecule has 186 valence electrons. The number of carbonyl (C=O) groups is 2. The van der Waals surface area contributed by atoms with Crippen molar-refractivity contribution >= 4 is 23.6 Å². The summed E-state index contributed by atoms with van der Waals surface area (Å²) in [5, 5.41) is 3.13. The normalized spacial score (nSPS) is 18.2. The number of carbonyl (C=O) groups excluding carboxylic acids is 2. The molecule has 36 heavy (non-hydrogen) atoms. The summed E-state index contributed by atoms with van der Waals surface area (Å²) in [7, 11) is 1.63. The van der Waals surface area contributed by atoms with E-state index < -0.39 is 5.41 Å². The summed E-state index contributed by atoms with van der Waals surface area (Å²) in [6.07, 6.45) is 4.04. The molecule has 0 bridgehead atoms. The Morgan fingerprint density at radius 3 is 2.39 bits per heavy atom. The Bertz CT molecular complexity index is 1260. The maximum atomic E-state index is 13.8. The molecule has 1 N–H and O–H groups in total. The highest BCUT2D eigenvalue weighted by atomic mass is 16.5. The number of hydrogen-bond acceptors (Lipinski definition) is 4. The van der Waals surface area contributed by atoms with Crippen molar-refractivity contribution in [2.24, 2.45) is 5.41 Å². The van der Waals surface area contributed by atoms with E-state index in [4.69, 9.17) is 4.74 Å². The van der Waals surface area contributed by atoms with Crippen LogP contribution in [0.25, 0.3) is 6.08 Å². The minimum Gasteiger partial charge on any atom is -0.497 e. The largest absolute Gasteiger partial charge is 0.497 e. The van der Waals surface area contributed by atoms with E-state index in [2.05, 4.69) is 10.3 Å². The van der Waals surface area contributed by atoms with Gasteiger partial charge in [-0.15, -0.1) is 0 Å². The van der Waals surface area contributed by atoms with Crippen molar-refractivity contribution in [1.29, 1.82) is 0 Å². The van der Waals surface area contributed by atoms with Gasteiger partial charge in [-0.3, -0.25) is 9.78 Å². The van der Waals surface area contributed by atoms with E-state index in [1.165, 1.54) is 0 Å². The van der Waals surface area contributed by atoms with Gasteiger partial charge in [-0.2, -0.15) is 0 Å². The number of nitrogens with zero attached hydrogens (tertiary/aromatic N) is 2. The van der Waals surface area contributed by atoms with Gasteiger partial charge >= 0.3 is 6.03 Å². The fourth-order valence-electron chi connectivity index (χ4n) is 4.83. The number of aromatic nitrogens is 1. The molecule has 0 aliphatic carbocycles. The van der Waals surface area contributed by atoms with Gasteiger partial charge in [0.1, 0.15) is 5.75 Å². The summed E-state index contributed by atoms with van der Waals surface area (Å²) >= 11 is 0. The van der Waals surface area contributed by atoms with Gasteiger partial charge in [0.05, 0.1) is 25.4 Å². The molecular weight excluding hydrogens is 450 g/mol. The number of para-hydroxylation sites is 1. The second-order valence-electron chi connectivity index (χ2n) is 9.87. The molecule has 1 fully saturated rings. The number of rotatable bonds is 5. The summed E-state index contributed by atoms with van der Waals surface area (Å²) in [5.74, 6) is 0.797. The van der Waals surface area contributed by atoms with Crippen LogP contribution in [-0.2, 0) is 11.2 Å². The first-order chi connectivity index (χ1) is 17.2. The highest BCUT2D eigenvalue weighted by Gasteiger charge is 2.47. The van der Waals surface area contributed by atoms with E-state index in [-0.39, 0.29) is 24.4 Å². The van der Waals surface area contributed by atoms with E-state index in [0.29, 0.717) is 17.7 Å². The number of likely N-dealkylation sites (tertiary alicyclic amines) is 1. The molecule has 1 aliphatic heterocycles. The quantitative estimate of drug-likeness (QED) is 0.463. The number of pyridine rings is 1. The van der Waals surface area contributed by atoms with Crippen LogP contribution in [0.15, 0.2) is 72.4 Å². The van der Waals surface area contributed by atoms with Crippen LogP contribution in [0.4, 0.5) is 10.5 Å². The first-order valence-electron chi connectivity index (χ1n) is 12.1. The van der Waals surface area contributed by atoms with Crippen LogP contribution in [0.2, 0.25) is 0 Å². The predicted molar refractivity (Wildman–Crippen MR) is 143 cm³/mol. The zero-order valence-corrected chi connectivity index (χ0v) is 21.5. The number of amides is 2. The van der Waals surface area contributed by atoms with Crippen molar-refractivity contribution in [2.45, 2.75) is 40.2 Å². The maximum absolute atomic E-state index is 13.8. The van der Waals surface area contributed by atoms with Crippen LogP contribution < -0.4 is 10.1 Å². The number of Topliss-reactive ketones (excluding diaryl/α,β-unsaturated/α-hetero) is 1. The molecule has 6 heteroatoms. The smallest absolute Gasteiger partial charge is 0.322 e. The fourth-order valence-corrected chi connectivity index (χ4v) is 4.83. The van der Waals surface area contributed by atoms with Gasteiger partial charge in [-0.1, -0.05) is 50.2 Å². The lowest BCUT2D eigenvalue weighted by atomic mass is 9.71. The summed E-state index contributed by atoms with van der Waals surface area (Å²) < 4.78 is 5.29. The van der Waals surface area contributed by atoms with E-state index in [1.807, 2.05) is 88.4 Å². The van der Waals surface area contributed by atoms with E-state index in [0.717, 1.165) is 28.1 Å². The molecule has 0 spiro atoms. The molecule has 1 unspecified atom stereocenters. The monoisotopic (exact) mass is 483 g/mol. The Morgan fingerprint density at radius 2 is 1.78 bits per heavy atom. The van der Waals surface area contributed by atoms with Crippen LogP contribution in [-0.4, -0.2) is 41.4 Å². The predicted octanol–water partition coefficient (Wildman–Crippen LogP) is 5.84. The number of hydrogen-bond donors (Lipinski definition) is 1. The number of urea groups is 1. The van der Waals surface area contributed by atoms with Gasteiger partial charge in [-0.05, 0) is 67.3 Å². The third kappa shape index (κ3) is 5.18. The summed E-state index contributed by atoms with van der Waals surface area (Å²) in [6, 6.07) is 18.7. The Kier molecular flexibility index (Phi) is 7.25. The SMILES string of the molecule is COc1ccc(CC2N(C(=O)Nc3c(C)cccc3C)CC(=Cc3ccccn3)C(=O)C2(C)C)cc1. The number of methoxy groups -OCH3 is 1. The average molecular weight is 484 g/mol. The first kappa shape index (κ1) is 25.2. The minimum absolute atomic E-state index is 0.0304. The molecule has 2 heterocycles. The molecule has 1 aliphatic rings. The van der Waals surface area contributed by atoms with Crippen molar-refractivity contribution in [3.05, 3.63) is 94.8 Å². The number of anilines is 1. The van der Waals surface area contributed by atoms with Gasteiger partial charge in [0.2, 0.25) is 0 Å². The highest BCUT2D eigenvalue weighted by molar-refractivity contribution is 6.06. The zero-order chi connectivity index (χ0) is 25.9. The minimum atomic E-state index is -0.809. The van der Waals surface area contributed by atoms with Crippen molar-refractivity contribution < 1.29 is 14.3 Å². The van der Waals surface area contributed by atoms with Crippen molar-refractivity contribution in [2.75, 3.05) is 19.0 Å². The van der Waals surface area contributed by atoms with Gasteiger partial charge in [-0.25, -0.2) is 4.79 Å². The Hall–Kier alpha value is -3.93. The Balaban J connectivity index is 1.72. The molecule has 1 saturated heterocycles. The molecule has 0 radical (unpaired) electrons. The number of aryl methyl sites for hydroxylation is 2. The van der Waals surface area contributed by atoms with Gasteiger partial charge in [0, 0.05) is 22.9 Å². The fraction of sp³-hybridized carbons (Fsp3) is 0.300. The Labute approximate surface area is 213 Å². The molecule has 4 rings (SSSR count). The molecule has 6 nitrogen and oxygen atoms in total. The van der Waals surface area contributed by atoms with Gasteiger partial charge in [0.25, 0.3) is 0 Å². The van der Waals surface area contributed by atoms with Gasteiger partial charge in [0.15, 0.2) is 5.78 Å². The van der Waals surface area contributed by atoms with Crippen LogP contribution in [0.3, 0.4) is 0 Å². The van der Waals surface area contributed by atoms with Crippen LogP contribution in [0.5, 0.6) is 5.75 Å². The lowest BCUT2D eigenvalue weighted by Gasteiger charge is -2.46. The van der Waals surface area contributed by atoms with E-state index in [1.54, 1.807) is 24.3 Å². The third-order valence-corrected chi connectivity index (χ3v) is 7.00. The van der Waals surface area contributed by atoms with Crippen molar-refractivity contribution in [1.82, 2.24) is 9.88 Å². The van der Waals surface area contributed by atoms with Crippen LogP contribution in [0.1, 0.15) is 36.2 Å². The van der Waals surface area contributed by atoms with Crippen molar-refractivity contribution in [3.8, 4) is 5.75 Å². The number of benzene rings is 2. The molecule has 2 aromatic carbocycles. The third-order valence-electron chi connectivity index (χ3n) is 7.00. The standard InChI is InChI=1S/C30H33N3O3/c1-20-9-8-10-21(2)27(20)32-29(35)33-19-23(18-24-11-6-7-16-31-24)28(34)30(3,4)26(33)17-22-12-14-25(36-5)15-13-22/h6-16,18,26H,17,19H2,1-5H3,(H,32,35). The topological polar surface area (TPSA) is 71.5 Å². The van der Waals surface area contributed by atoms with Crippen molar-refractivity contribution in [3.63, 3.8) is 0 Å². The Morgan fingerprint density at radius 1 is 1.08 bits per heavy atom. The highest BCUT2D eigenvalue weighted by Crippen LogP contribution is 2.38. The van der Waals surface area contributed by atoms with Crippen LogP contribution >= 0.6 is 0 Å². The molecule has 1 aromatic heterocycles. The number of ether oxygens (including phenoxy) is 1. The summed E-state index contributed by atoms with van der Waals surface area (Å²) in [4.78, 5) is 33.7. The summed E-state index contributed by atoms with van der Waals surface area (Å²) in [6.45, 7) is 8.01. The van der Waals surface area contributed by atoms with E-state index >= 15 is 0 Å². The molecule has 2 amide bonds. The number of piperidine rings is 1. The molecule has 3 aromatic rings. The zero-order valence-electron chi connectivity index (χ0n) is 21.5. The number of ketones is 1. The van der Waals surface area contributed by atoms with E-state index in [9.17, 15) is 9.59 Å². The van der Waals surface area contributed by atoms with Gasteiger partial charge < -0.3 is 15.0 Å². The van der Waals surface area contributed by atoms with Crippen LogP contribution in [0, 0.1) is 19.3 Å². The lowest BCUT2D eigenvalue weighted by molar-refractivity contribution is -0.128. The summed E-state index contributed by atoms with van der Waals surface area (Å²) in [5.41, 5.74) is 4.27. The average Bonchev–Trinajstić information content (AvgIpc) is 2.87.